The molecule has 0 aliphatic heterocycles. The second-order valence-corrected chi connectivity index (χ2v) is 6.35. The lowest BCUT2D eigenvalue weighted by atomic mass is 10.1. The normalized spacial score (nSPS) is 11.4. The van der Waals surface area contributed by atoms with Gasteiger partial charge in [0, 0.05) is 5.56 Å². The van der Waals surface area contributed by atoms with Crippen molar-refractivity contribution in [3.8, 4) is 22.7 Å². The topological polar surface area (TPSA) is 97.7 Å². The Morgan fingerprint density at radius 1 is 1.10 bits per heavy atom. The molecule has 0 bridgehead atoms. The summed E-state index contributed by atoms with van der Waals surface area (Å²) in [4.78, 5) is 15.9. The third kappa shape index (κ3) is 4.25. The number of anilines is 1. The number of amides is 1. The maximum Gasteiger partial charge on any atom is 0.451 e. The SMILES string of the molecule is COc1ccc(-c2cc(C(=O)Nc3n[nH]c(C(F)(F)F)n3)nn2-c2ccccc2)cc1. The summed E-state index contributed by atoms with van der Waals surface area (Å²) in [7, 11) is 1.55. The summed E-state index contributed by atoms with van der Waals surface area (Å²) in [5.41, 5.74) is 2.04. The Hall–Kier alpha value is -4.15. The Morgan fingerprint density at radius 3 is 2.42 bits per heavy atom. The molecule has 4 rings (SSSR count). The molecule has 2 aromatic heterocycles. The van der Waals surface area contributed by atoms with Gasteiger partial charge in [-0.1, -0.05) is 18.2 Å². The molecule has 0 aliphatic carbocycles. The zero-order chi connectivity index (χ0) is 22.0. The number of hydrogen-bond acceptors (Lipinski definition) is 5. The molecule has 11 heteroatoms. The average Bonchev–Trinajstić information content (AvgIpc) is 3.42. The first-order valence-corrected chi connectivity index (χ1v) is 8.96. The van der Waals surface area contributed by atoms with Crippen molar-refractivity contribution in [2.45, 2.75) is 6.18 Å². The number of ether oxygens (including phenoxy) is 1. The highest BCUT2D eigenvalue weighted by atomic mass is 19.4. The summed E-state index contributed by atoms with van der Waals surface area (Å²) in [6.07, 6.45) is -4.70. The Bertz CT molecular complexity index is 1200. The van der Waals surface area contributed by atoms with Crippen LogP contribution in [0.1, 0.15) is 16.3 Å². The number of aromatic amines is 1. The van der Waals surface area contributed by atoms with E-state index in [2.05, 4.69) is 20.5 Å². The van der Waals surface area contributed by atoms with Crippen molar-refractivity contribution in [1.29, 1.82) is 0 Å². The smallest absolute Gasteiger partial charge is 0.451 e. The average molecular weight is 428 g/mol. The van der Waals surface area contributed by atoms with Crippen LogP contribution in [0.25, 0.3) is 16.9 Å². The van der Waals surface area contributed by atoms with Crippen LogP contribution in [0.4, 0.5) is 19.1 Å². The van der Waals surface area contributed by atoms with Crippen LogP contribution < -0.4 is 10.1 Å². The van der Waals surface area contributed by atoms with Gasteiger partial charge >= 0.3 is 6.18 Å². The molecule has 0 saturated carbocycles. The summed E-state index contributed by atoms with van der Waals surface area (Å²) >= 11 is 0. The van der Waals surface area contributed by atoms with Crippen molar-refractivity contribution in [2.75, 3.05) is 12.4 Å². The molecule has 0 aliphatic rings. The minimum absolute atomic E-state index is 0.0203. The van der Waals surface area contributed by atoms with E-state index in [1.165, 1.54) is 6.07 Å². The number of carbonyl (C=O) groups excluding carboxylic acids is 1. The minimum Gasteiger partial charge on any atom is -0.497 e. The third-order valence-corrected chi connectivity index (χ3v) is 4.31. The Morgan fingerprint density at radius 2 is 1.81 bits per heavy atom. The lowest BCUT2D eigenvalue weighted by molar-refractivity contribution is -0.144. The number of benzene rings is 2. The Balaban J connectivity index is 1.69. The maximum absolute atomic E-state index is 12.7. The van der Waals surface area contributed by atoms with Gasteiger partial charge in [0.25, 0.3) is 5.91 Å². The molecule has 2 N–H and O–H groups in total. The second-order valence-electron chi connectivity index (χ2n) is 6.35. The maximum atomic E-state index is 12.7. The third-order valence-electron chi connectivity index (χ3n) is 4.31. The van der Waals surface area contributed by atoms with Gasteiger partial charge in [-0.3, -0.25) is 15.2 Å². The number of halogens is 3. The van der Waals surface area contributed by atoms with E-state index < -0.39 is 23.9 Å². The summed E-state index contributed by atoms with van der Waals surface area (Å²) in [5.74, 6) is -1.90. The van der Waals surface area contributed by atoms with Crippen LogP contribution in [0.5, 0.6) is 5.75 Å². The molecule has 8 nitrogen and oxygen atoms in total. The molecule has 0 fully saturated rings. The summed E-state index contributed by atoms with van der Waals surface area (Å²) in [5, 5.41) is 11.7. The van der Waals surface area contributed by atoms with Gasteiger partial charge in [0.05, 0.1) is 18.5 Å². The zero-order valence-corrected chi connectivity index (χ0v) is 16.0. The number of rotatable bonds is 5. The van der Waals surface area contributed by atoms with Gasteiger partial charge in [-0.15, -0.1) is 5.10 Å². The van der Waals surface area contributed by atoms with E-state index in [0.717, 1.165) is 5.56 Å². The number of alkyl halides is 3. The first-order chi connectivity index (χ1) is 14.8. The molecule has 0 radical (unpaired) electrons. The van der Waals surface area contributed by atoms with Gasteiger partial charge in [0.2, 0.25) is 11.8 Å². The lowest BCUT2D eigenvalue weighted by Crippen LogP contribution is -2.14. The van der Waals surface area contributed by atoms with E-state index in [-0.39, 0.29) is 5.69 Å². The lowest BCUT2D eigenvalue weighted by Gasteiger charge is -2.08. The van der Waals surface area contributed by atoms with Crippen molar-refractivity contribution in [2.24, 2.45) is 0 Å². The molecule has 0 unspecified atom stereocenters. The highest BCUT2D eigenvalue weighted by Gasteiger charge is 2.35. The zero-order valence-electron chi connectivity index (χ0n) is 16.0. The Kier molecular flexibility index (Phi) is 5.15. The molecule has 1 amide bonds. The van der Waals surface area contributed by atoms with Gasteiger partial charge in [0.1, 0.15) is 5.75 Å². The van der Waals surface area contributed by atoms with Crippen molar-refractivity contribution < 1.29 is 22.7 Å². The van der Waals surface area contributed by atoms with E-state index in [0.29, 0.717) is 17.1 Å². The number of nitrogens with zero attached hydrogens (tertiary/aromatic N) is 4. The minimum atomic E-state index is -4.70. The molecule has 4 aromatic rings. The number of para-hydroxylation sites is 1. The molecule has 31 heavy (non-hydrogen) atoms. The van der Waals surface area contributed by atoms with Crippen molar-refractivity contribution in [1.82, 2.24) is 25.0 Å². The standard InChI is InChI=1S/C20H15F3N6O2/c1-31-14-9-7-12(8-10-14)16-11-15(28-29(16)13-5-3-2-4-6-13)17(30)24-19-25-18(26-27-19)20(21,22)23/h2-11H,1H3,(H2,24,25,26,27,30). The summed E-state index contributed by atoms with van der Waals surface area (Å²) < 4.78 is 44.8. The first kappa shape index (κ1) is 20.1. The van der Waals surface area contributed by atoms with Crippen LogP contribution in [-0.2, 0) is 6.18 Å². The fourth-order valence-corrected chi connectivity index (χ4v) is 2.84. The van der Waals surface area contributed by atoms with Crippen molar-refractivity contribution in [3.63, 3.8) is 0 Å². The van der Waals surface area contributed by atoms with Crippen molar-refractivity contribution >= 4 is 11.9 Å². The Labute approximate surface area is 173 Å². The fraction of sp³-hybridized carbons (Fsp3) is 0.100. The number of carbonyl (C=O) groups is 1. The van der Waals surface area contributed by atoms with Gasteiger partial charge in [-0.25, -0.2) is 4.68 Å². The van der Waals surface area contributed by atoms with Crippen LogP contribution in [0.2, 0.25) is 0 Å². The van der Waals surface area contributed by atoms with Crippen LogP contribution in [0.3, 0.4) is 0 Å². The number of nitrogens with one attached hydrogen (secondary N) is 2. The monoisotopic (exact) mass is 428 g/mol. The van der Waals surface area contributed by atoms with E-state index in [4.69, 9.17) is 4.74 Å². The molecule has 158 valence electrons. The quantitative estimate of drug-likeness (QED) is 0.502. The van der Waals surface area contributed by atoms with E-state index >= 15 is 0 Å². The molecule has 2 aromatic carbocycles. The molecule has 0 atom stereocenters. The van der Waals surface area contributed by atoms with E-state index in [1.807, 2.05) is 42.5 Å². The summed E-state index contributed by atoms with van der Waals surface area (Å²) in [6.45, 7) is 0. The predicted octanol–water partition coefficient (Wildman–Crippen LogP) is 3.94. The molecule has 2 heterocycles. The van der Waals surface area contributed by atoms with Crippen LogP contribution in [-0.4, -0.2) is 38.0 Å². The van der Waals surface area contributed by atoms with Gasteiger partial charge in [-0.2, -0.15) is 23.3 Å². The molecule has 0 spiro atoms. The molecular weight excluding hydrogens is 413 g/mol. The number of aromatic nitrogens is 5. The second kappa shape index (κ2) is 7.94. The van der Waals surface area contributed by atoms with Crippen LogP contribution in [0.15, 0.2) is 60.7 Å². The molecule has 0 saturated heterocycles. The first-order valence-electron chi connectivity index (χ1n) is 8.96. The predicted molar refractivity (Wildman–Crippen MR) is 105 cm³/mol. The van der Waals surface area contributed by atoms with Crippen molar-refractivity contribution in [3.05, 3.63) is 72.2 Å². The van der Waals surface area contributed by atoms with Gasteiger partial charge in [-0.05, 0) is 42.5 Å². The van der Waals surface area contributed by atoms with Crippen LogP contribution in [0, 0.1) is 0 Å². The summed E-state index contributed by atoms with van der Waals surface area (Å²) in [6, 6.07) is 17.8. The van der Waals surface area contributed by atoms with Crippen LogP contribution >= 0.6 is 0 Å². The highest BCUT2D eigenvalue weighted by molar-refractivity contribution is 6.02. The number of H-pyrrole nitrogens is 1. The van der Waals surface area contributed by atoms with Gasteiger partial charge in [0.15, 0.2) is 5.69 Å². The van der Waals surface area contributed by atoms with E-state index in [9.17, 15) is 18.0 Å². The fourth-order valence-electron chi connectivity index (χ4n) is 2.84. The van der Waals surface area contributed by atoms with E-state index in [1.54, 1.807) is 29.0 Å². The number of hydrogen-bond donors (Lipinski definition) is 2. The molecular formula is C20H15F3N6O2. The highest BCUT2D eigenvalue weighted by Crippen LogP contribution is 2.28. The van der Waals surface area contributed by atoms with Gasteiger partial charge < -0.3 is 4.74 Å². The number of methoxy groups -OCH3 is 1. The largest absolute Gasteiger partial charge is 0.497 e.